The highest BCUT2D eigenvalue weighted by Crippen LogP contribution is 2.31. The lowest BCUT2D eigenvalue weighted by Crippen LogP contribution is -2.43. The van der Waals surface area contributed by atoms with Gasteiger partial charge in [-0.2, -0.15) is 10.1 Å². The third-order valence-corrected chi connectivity index (χ3v) is 5.82. The molecule has 1 N–H and O–H groups in total. The van der Waals surface area contributed by atoms with Crippen molar-refractivity contribution in [2.75, 3.05) is 33.2 Å². The fourth-order valence-corrected chi connectivity index (χ4v) is 4.19. The van der Waals surface area contributed by atoms with Crippen LogP contribution in [-0.4, -0.2) is 63.4 Å². The molecular weight excluding hydrogens is 432 g/mol. The van der Waals surface area contributed by atoms with Crippen LogP contribution in [0.4, 0.5) is 0 Å². The molecule has 148 valence electrons. The molecule has 2 aromatic carbocycles. The summed E-state index contributed by atoms with van der Waals surface area (Å²) < 4.78 is 6.53. The minimum absolute atomic E-state index is 0.472. The van der Waals surface area contributed by atoms with Crippen LogP contribution in [0.15, 0.2) is 51.6 Å². The zero-order valence-corrected chi connectivity index (χ0v) is 17.7. The van der Waals surface area contributed by atoms with Gasteiger partial charge in [0.2, 0.25) is 5.82 Å². The molecule has 0 unspecified atom stereocenters. The zero-order chi connectivity index (χ0) is 19.8. The first-order chi connectivity index (χ1) is 14.2. The van der Waals surface area contributed by atoms with Crippen LogP contribution >= 0.6 is 15.9 Å². The molecule has 0 atom stereocenters. The predicted molar refractivity (Wildman–Crippen MR) is 115 cm³/mol. The number of fused-ring (bicyclic) bond motifs is 1. The van der Waals surface area contributed by atoms with E-state index in [1.165, 1.54) is 5.56 Å². The molecule has 0 spiro atoms. The van der Waals surface area contributed by atoms with Crippen LogP contribution in [0.3, 0.4) is 0 Å². The Labute approximate surface area is 176 Å². The van der Waals surface area contributed by atoms with Crippen molar-refractivity contribution in [2.24, 2.45) is 0 Å². The van der Waals surface area contributed by atoms with E-state index in [4.69, 9.17) is 4.52 Å². The minimum atomic E-state index is 0.472. The molecular formula is C21H21BrN6O. The molecule has 8 heteroatoms. The number of H-pyrrole nitrogens is 1. The molecule has 0 bridgehead atoms. The van der Waals surface area contributed by atoms with Crippen LogP contribution in [0.2, 0.25) is 0 Å². The lowest BCUT2D eigenvalue weighted by Gasteiger charge is -2.32. The highest BCUT2D eigenvalue weighted by Gasteiger charge is 2.17. The molecule has 1 fully saturated rings. The lowest BCUT2D eigenvalue weighted by atomic mass is 10.1. The van der Waals surface area contributed by atoms with Crippen LogP contribution in [0.1, 0.15) is 5.56 Å². The summed E-state index contributed by atoms with van der Waals surface area (Å²) in [6.45, 7) is 5.35. The highest BCUT2D eigenvalue weighted by atomic mass is 79.9. The van der Waals surface area contributed by atoms with Crippen molar-refractivity contribution in [3.05, 3.63) is 52.6 Å². The number of piperazine rings is 1. The molecule has 1 aliphatic heterocycles. The van der Waals surface area contributed by atoms with Gasteiger partial charge in [-0.1, -0.05) is 39.3 Å². The second-order valence-electron chi connectivity index (χ2n) is 7.49. The van der Waals surface area contributed by atoms with Gasteiger partial charge >= 0.3 is 0 Å². The summed E-state index contributed by atoms with van der Waals surface area (Å²) >= 11 is 3.54. The Bertz CT molecular complexity index is 1150. The van der Waals surface area contributed by atoms with E-state index in [1.807, 2.05) is 18.2 Å². The quantitative estimate of drug-likeness (QED) is 0.507. The van der Waals surface area contributed by atoms with Gasteiger partial charge in [0.05, 0.1) is 17.3 Å². The maximum absolute atomic E-state index is 5.59. The number of nitrogens with one attached hydrogen (secondary N) is 1. The summed E-state index contributed by atoms with van der Waals surface area (Å²) in [5.74, 6) is 1.06. The molecule has 7 nitrogen and oxygen atoms in total. The van der Waals surface area contributed by atoms with Crippen molar-refractivity contribution in [3.63, 3.8) is 0 Å². The molecule has 0 aliphatic carbocycles. The van der Waals surface area contributed by atoms with Gasteiger partial charge in [0.25, 0.3) is 5.89 Å². The molecule has 29 heavy (non-hydrogen) atoms. The van der Waals surface area contributed by atoms with Crippen molar-refractivity contribution < 1.29 is 4.52 Å². The second-order valence-corrected chi connectivity index (χ2v) is 8.41. The number of benzene rings is 2. The van der Waals surface area contributed by atoms with E-state index < -0.39 is 0 Å². The van der Waals surface area contributed by atoms with Crippen LogP contribution < -0.4 is 0 Å². The number of hydrogen-bond donors (Lipinski definition) is 1. The van der Waals surface area contributed by atoms with Gasteiger partial charge in [0.15, 0.2) is 0 Å². The van der Waals surface area contributed by atoms with Crippen LogP contribution in [-0.2, 0) is 6.54 Å². The Balaban J connectivity index is 1.41. The van der Waals surface area contributed by atoms with Crippen molar-refractivity contribution in [1.29, 1.82) is 0 Å². The zero-order valence-electron chi connectivity index (χ0n) is 16.1. The van der Waals surface area contributed by atoms with E-state index in [-0.39, 0.29) is 0 Å². The highest BCUT2D eigenvalue weighted by molar-refractivity contribution is 9.10. The van der Waals surface area contributed by atoms with Gasteiger partial charge in [0.1, 0.15) is 0 Å². The number of halogens is 1. The molecule has 4 aromatic rings. The number of aromatic amines is 1. The summed E-state index contributed by atoms with van der Waals surface area (Å²) in [6, 6.07) is 12.4. The van der Waals surface area contributed by atoms with E-state index in [0.717, 1.165) is 59.2 Å². The first-order valence-corrected chi connectivity index (χ1v) is 10.4. The average Bonchev–Trinajstić information content (AvgIpc) is 3.39. The molecule has 0 amide bonds. The Morgan fingerprint density at radius 3 is 2.86 bits per heavy atom. The molecule has 1 aliphatic rings. The van der Waals surface area contributed by atoms with Gasteiger partial charge in [-0.3, -0.25) is 10.00 Å². The summed E-state index contributed by atoms with van der Waals surface area (Å²) in [4.78, 5) is 9.50. The van der Waals surface area contributed by atoms with Gasteiger partial charge in [-0.15, -0.1) is 0 Å². The minimum Gasteiger partial charge on any atom is -0.334 e. The van der Waals surface area contributed by atoms with E-state index >= 15 is 0 Å². The Hall–Kier alpha value is -2.55. The predicted octanol–water partition coefficient (Wildman–Crippen LogP) is 3.79. The summed E-state index contributed by atoms with van der Waals surface area (Å²) in [6.07, 6.45) is 1.78. The molecule has 5 rings (SSSR count). The Morgan fingerprint density at radius 1 is 1.14 bits per heavy atom. The number of aromatic nitrogens is 4. The summed E-state index contributed by atoms with van der Waals surface area (Å²) in [7, 11) is 2.17. The van der Waals surface area contributed by atoms with E-state index in [9.17, 15) is 0 Å². The Kier molecular flexibility index (Phi) is 4.91. The molecule has 0 radical (unpaired) electrons. The van der Waals surface area contributed by atoms with E-state index in [1.54, 1.807) is 6.20 Å². The monoisotopic (exact) mass is 452 g/mol. The third-order valence-electron chi connectivity index (χ3n) is 5.36. The fourth-order valence-electron chi connectivity index (χ4n) is 3.71. The van der Waals surface area contributed by atoms with E-state index in [0.29, 0.717) is 11.7 Å². The topological polar surface area (TPSA) is 74.1 Å². The number of rotatable bonds is 4. The summed E-state index contributed by atoms with van der Waals surface area (Å²) in [5.41, 5.74) is 3.94. The number of hydrogen-bond acceptors (Lipinski definition) is 6. The third kappa shape index (κ3) is 3.83. The molecule has 3 heterocycles. The summed E-state index contributed by atoms with van der Waals surface area (Å²) in [5, 5.41) is 12.3. The van der Waals surface area contributed by atoms with Gasteiger partial charge in [-0.05, 0) is 30.8 Å². The Morgan fingerprint density at radius 2 is 2.00 bits per heavy atom. The van der Waals surface area contributed by atoms with E-state index in [2.05, 4.69) is 71.3 Å². The van der Waals surface area contributed by atoms with Crippen molar-refractivity contribution in [2.45, 2.75) is 6.54 Å². The molecule has 2 aromatic heterocycles. The maximum atomic E-state index is 5.59. The lowest BCUT2D eigenvalue weighted by molar-refractivity contribution is 0.148. The smallest absolute Gasteiger partial charge is 0.260 e. The standard InChI is InChI=1S/C21H21BrN6O/c1-27-5-7-28(8-6-27)13-14-3-2-4-15(9-14)20-24-21(29-26-20)18-11-17(22)10-16-12-23-25-19(16)18/h2-4,9-12H,5-8,13H2,1H3,(H,23,25). The maximum Gasteiger partial charge on any atom is 0.260 e. The molecule has 1 saturated heterocycles. The fraction of sp³-hybridized carbons (Fsp3) is 0.286. The first kappa shape index (κ1) is 18.5. The SMILES string of the molecule is CN1CCN(Cc2cccc(-c3noc(-c4cc(Br)cc5cn[nH]c45)n3)c2)CC1. The largest absolute Gasteiger partial charge is 0.334 e. The van der Waals surface area contributed by atoms with Crippen LogP contribution in [0.5, 0.6) is 0 Å². The van der Waals surface area contributed by atoms with Crippen molar-refractivity contribution in [1.82, 2.24) is 30.1 Å². The first-order valence-electron chi connectivity index (χ1n) is 9.62. The average molecular weight is 453 g/mol. The number of likely N-dealkylation sites (N-methyl/N-ethyl adjacent to an activating group) is 1. The number of nitrogens with zero attached hydrogens (tertiary/aromatic N) is 5. The van der Waals surface area contributed by atoms with Crippen molar-refractivity contribution in [3.8, 4) is 22.8 Å². The van der Waals surface area contributed by atoms with Gasteiger partial charge < -0.3 is 9.42 Å². The second kappa shape index (κ2) is 7.70. The van der Waals surface area contributed by atoms with Gasteiger partial charge in [-0.25, -0.2) is 0 Å². The normalized spacial score (nSPS) is 15.9. The van der Waals surface area contributed by atoms with Crippen molar-refractivity contribution >= 4 is 26.8 Å². The van der Waals surface area contributed by atoms with Gasteiger partial charge in [0, 0.05) is 48.1 Å². The van der Waals surface area contributed by atoms with Crippen LogP contribution in [0.25, 0.3) is 33.7 Å². The molecule has 0 saturated carbocycles. The van der Waals surface area contributed by atoms with Crippen LogP contribution in [0, 0.1) is 0 Å².